The van der Waals surface area contributed by atoms with Crippen LogP contribution in [0.4, 0.5) is 0 Å². The van der Waals surface area contributed by atoms with Crippen molar-refractivity contribution in [3.05, 3.63) is 20.8 Å². The van der Waals surface area contributed by atoms with Gasteiger partial charge in [0.15, 0.2) is 0 Å². The fourth-order valence-corrected chi connectivity index (χ4v) is 3.36. The fraction of sp³-hybridized carbons (Fsp3) is 0.636. The standard InChI is InChI=1S/C11H15BrOS/c1-10(5-6-10)11(2,13)7-8-3-4-9(12)14-8/h3-4,13H,5-7H2,1-2H3. The van der Waals surface area contributed by atoms with Crippen molar-refractivity contribution in [3.8, 4) is 0 Å². The molecule has 1 atom stereocenters. The van der Waals surface area contributed by atoms with E-state index < -0.39 is 5.60 Å². The van der Waals surface area contributed by atoms with Gasteiger partial charge in [0.2, 0.25) is 0 Å². The molecule has 3 heteroatoms. The number of thiophene rings is 1. The van der Waals surface area contributed by atoms with Crippen LogP contribution in [0.1, 0.15) is 31.6 Å². The Hall–Kier alpha value is 0.140. The largest absolute Gasteiger partial charge is 0.389 e. The Labute approximate surface area is 97.3 Å². The van der Waals surface area contributed by atoms with E-state index >= 15 is 0 Å². The van der Waals surface area contributed by atoms with E-state index in [9.17, 15) is 5.11 Å². The fourth-order valence-electron chi connectivity index (χ4n) is 1.73. The number of aliphatic hydroxyl groups is 1. The Bertz CT molecular complexity index is 339. The lowest BCUT2D eigenvalue weighted by Gasteiger charge is -2.30. The topological polar surface area (TPSA) is 20.2 Å². The predicted octanol–water partition coefficient (Wildman–Crippen LogP) is 3.60. The third-order valence-electron chi connectivity index (χ3n) is 3.45. The van der Waals surface area contributed by atoms with Gasteiger partial charge in [-0.1, -0.05) is 6.92 Å². The molecule has 1 unspecified atom stereocenters. The molecule has 0 saturated heterocycles. The van der Waals surface area contributed by atoms with Crippen LogP contribution in [-0.4, -0.2) is 10.7 Å². The molecule has 0 aromatic carbocycles. The van der Waals surface area contributed by atoms with Crippen LogP contribution in [0, 0.1) is 5.41 Å². The van der Waals surface area contributed by atoms with Crippen LogP contribution in [0.2, 0.25) is 0 Å². The highest BCUT2D eigenvalue weighted by atomic mass is 79.9. The first kappa shape index (κ1) is 10.7. The molecule has 1 aliphatic rings. The lowest BCUT2D eigenvalue weighted by Crippen LogP contribution is -2.36. The summed E-state index contributed by atoms with van der Waals surface area (Å²) in [7, 11) is 0. The molecule has 0 aliphatic heterocycles. The lowest BCUT2D eigenvalue weighted by atomic mass is 9.84. The molecule has 1 aliphatic carbocycles. The van der Waals surface area contributed by atoms with Crippen molar-refractivity contribution in [2.45, 2.75) is 38.7 Å². The predicted molar refractivity (Wildman–Crippen MR) is 63.7 cm³/mol. The van der Waals surface area contributed by atoms with E-state index in [0.717, 1.165) is 23.0 Å². The van der Waals surface area contributed by atoms with Gasteiger partial charge in [-0.25, -0.2) is 0 Å². The third kappa shape index (κ3) is 1.90. The van der Waals surface area contributed by atoms with Crippen LogP contribution in [-0.2, 0) is 6.42 Å². The Morgan fingerprint density at radius 3 is 2.64 bits per heavy atom. The maximum Gasteiger partial charge on any atom is 0.0721 e. The minimum atomic E-state index is -0.544. The molecule has 1 heterocycles. The highest BCUT2D eigenvalue weighted by Crippen LogP contribution is 2.54. The van der Waals surface area contributed by atoms with Crippen molar-refractivity contribution in [2.24, 2.45) is 5.41 Å². The van der Waals surface area contributed by atoms with E-state index in [-0.39, 0.29) is 5.41 Å². The van der Waals surface area contributed by atoms with Crippen LogP contribution >= 0.6 is 27.3 Å². The first-order valence-corrected chi connectivity index (χ1v) is 6.51. The summed E-state index contributed by atoms with van der Waals surface area (Å²) in [5.74, 6) is 0. The molecule has 1 fully saturated rings. The Morgan fingerprint density at radius 2 is 2.21 bits per heavy atom. The molecule has 14 heavy (non-hydrogen) atoms. The van der Waals surface area contributed by atoms with Crippen LogP contribution < -0.4 is 0 Å². The van der Waals surface area contributed by atoms with E-state index in [1.165, 1.54) is 4.88 Å². The van der Waals surface area contributed by atoms with Gasteiger partial charge in [0.25, 0.3) is 0 Å². The van der Waals surface area contributed by atoms with E-state index in [4.69, 9.17) is 0 Å². The summed E-state index contributed by atoms with van der Waals surface area (Å²) in [6.07, 6.45) is 3.10. The molecule has 0 bridgehead atoms. The molecule has 0 amide bonds. The smallest absolute Gasteiger partial charge is 0.0721 e. The molecule has 1 N–H and O–H groups in total. The molecular weight excluding hydrogens is 260 g/mol. The quantitative estimate of drug-likeness (QED) is 0.893. The summed E-state index contributed by atoms with van der Waals surface area (Å²) in [4.78, 5) is 1.26. The molecule has 1 aromatic heterocycles. The van der Waals surface area contributed by atoms with Crippen molar-refractivity contribution in [1.29, 1.82) is 0 Å². The maximum absolute atomic E-state index is 10.4. The second-order valence-electron chi connectivity index (χ2n) is 4.72. The van der Waals surface area contributed by atoms with E-state index in [1.54, 1.807) is 11.3 Å². The van der Waals surface area contributed by atoms with Crippen LogP contribution in [0.3, 0.4) is 0 Å². The molecular formula is C11H15BrOS. The first-order chi connectivity index (χ1) is 6.43. The second-order valence-corrected chi connectivity index (χ2v) is 7.26. The molecule has 0 spiro atoms. The van der Waals surface area contributed by atoms with E-state index in [1.807, 2.05) is 13.0 Å². The van der Waals surface area contributed by atoms with Gasteiger partial charge in [-0.05, 0) is 53.2 Å². The second kappa shape index (κ2) is 3.32. The first-order valence-electron chi connectivity index (χ1n) is 4.90. The molecule has 2 rings (SSSR count). The van der Waals surface area contributed by atoms with Crippen molar-refractivity contribution in [3.63, 3.8) is 0 Å². The third-order valence-corrected chi connectivity index (χ3v) is 5.07. The summed E-state index contributed by atoms with van der Waals surface area (Å²) >= 11 is 5.16. The van der Waals surface area contributed by atoms with Gasteiger partial charge in [0.1, 0.15) is 0 Å². The Balaban J connectivity index is 2.10. The van der Waals surface area contributed by atoms with Crippen molar-refractivity contribution in [1.82, 2.24) is 0 Å². The highest BCUT2D eigenvalue weighted by Gasteiger charge is 2.52. The van der Waals surface area contributed by atoms with Gasteiger partial charge in [0, 0.05) is 11.3 Å². The zero-order valence-electron chi connectivity index (χ0n) is 8.51. The highest BCUT2D eigenvalue weighted by molar-refractivity contribution is 9.11. The van der Waals surface area contributed by atoms with Gasteiger partial charge >= 0.3 is 0 Å². The molecule has 1 aromatic rings. The van der Waals surface area contributed by atoms with E-state index in [0.29, 0.717) is 0 Å². The monoisotopic (exact) mass is 274 g/mol. The SMILES string of the molecule is CC(O)(Cc1ccc(Br)s1)C1(C)CC1. The van der Waals surface area contributed by atoms with Crippen LogP contribution in [0.15, 0.2) is 15.9 Å². The van der Waals surface area contributed by atoms with Crippen molar-refractivity contribution in [2.75, 3.05) is 0 Å². The van der Waals surface area contributed by atoms with E-state index in [2.05, 4.69) is 28.9 Å². The summed E-state index contributed by atoms with van der Waals surface area (Å²) in [5.41, 5.74) is -0.388. The lowest BCUT2D eigenvalue weighted by molar-refractivity contribution is -0.00632. The minimum Gasteiger partial charge on any atom is -0.389 e. The molecule has 1 nitrogen and oxygen atoms in total. The number of hydrogen-bond donors (Lipinski definition) is 1. The molecule has 78 valence electrons. The summed E-state index contributed by atoms with van der Waals surface area (Å²) in [5, 5.41) is 10.4. The summed E-state index contributed by atoms with van der Waals surface area (Å²) in [6.45, 7) is 4.14. The zero-order chi connectivity index (χ0) is 10.4. The minimum absolute atomic E-state index is 0.156. The van der Waals surface area contributed by atoms with Gasteiger partial charge in [-0.3, -0.25) is 0 Å². The normalized spacial score (nSPS) is 23.1. The van der Waals surface area contributed by atoms with Crippen molar-refractivity contribution >= 4 is 27.3 Å². The van der Waals surface area contributed by atoms with Crippen LogP contribution in [0.5, 0.6) is 0 Å². The summed E-state index contributed by atoms with van der Waals surface area (Å²) in [6, 6.07) is 4.14. The average molecular weight is 275 g/mol. The Kier molecular flexibility index (Phi) is 2.53. The van der Waals surface area contributed by atoms with Gasteiger partial charge < -0.3 is 5.11 Å². The zero-order valence-corrected chi connectivity index (χ0v) is 10.9. The Morgan fingerprint density at radius 1 is 1.57 bits per heavy atom. The number of rotatable bonds is 3. The number of hydrogen-bond acceptors (Lipinski definition) is 2. The summed E-state index contributed by atoms with van der Waals surface area (Å²) < 4.78 is 1.14. The maximum atomic E-state index is 10.4. The van der Waals surface area contributed by atoms with Crippen molar-refractivity contribution < 1.29 is 5.11 Å². The number of halogens is 1. The molecule has 1 saturated carbocycles. The molecule has 0 radical (unpaired) electrons. The van der Waals surface area contributed by atoms with Gasteiger partial charge in [0.05, 0.1) is 9.39 Å². The average Bonchev–Trinajstić information content (AvgIpc) is 2.70. The van der Waals surface area contributed by atoms with Gasteiger partial charge in [-0.2, -0.15) is 0 Å². The van der Waals surface area contributed by atoms with Crippen LogP contribution in [0.25, 0.3) is 0 Å². The van der Waals surface area contributed by atoms with Gasteiger partial charge in [-0.15, -0.1) is 11.3 Å².